The highest BCUT2D eigenvalue weighted by Crippen LogP contribution is 2.31. The number of fused-ring (bicyclic) bond motifs is 1. The Morgan fingerprint density at radius 3 is 2.57 bits per heavy atom. The van der Waals surface area contributed by atoms with Crippen molar-refractivity contribution in [3.05, 3.63) is 52.8 Å². The Hall–Kier alpha value is -1.19. The number of hydrogen-bond donors (Lipinski definition) is 0. The number of rotatable bonds is 7. The van der Waals surface area contributed by atoms with Gasteiger partial charge in [0.15, 0.2) is 5.13 Å². The Morgan fingerprint density at radius 2 is 1.89 bits per heavy atom. The molecule has 0 aliphatic heterocycles. The molecule has 2 aromatic carbocycles. The summed E-state index contributed by atoms with van der Waals surface area (Å²) >= 11 is 6.39. The number of likely N-dealkylation sites (N-methyl/N-ethyl adjacent to an activating group) is 1. The van der Waals surface area contributed by atoms with Crippen molar-refractivity contribution < 1.29 is 9.18 Å². The SMILES string of the molecule is CN(C)CCN(C(=O)CSc1ccc(F)cc1)c1nc2ccc(Br)cc2s1.Cl. The van der Waals surface area contributed by atoms with Crippen molar-refractivity contribution in [2.24, 2.45) is 0 Å². The summed E-state index contributed by atoms with van der Waals surface area (Å²) in [4.78, 5) is 22.2. The minimum atomic E-state index is -0.279. The van der Waals surface area contributed by atoms with Gasteiger partial charge in [0, 0.05) is 22.5 Å². The highest BCUT2D eigenvalue weighted by atomic mass is 79.9. The molecule has 3 rings (SSSR count). The van der Waals surface area contributed by atoms with E-state index in [4.69, 9.17) is 0 Å². The van der Waals surface area contributed by atoms with E-state index in [9.17, 15) is 9.18 Å². The number of amides is 1. The molecule has 0 unspecified atom stereocenters. The molecular formula is C19H20BrClFN3OS2. The average molecular weight is 505 g/mol. The molecule has 0 radical (unpaired) electrons. The van der Waals surface area contributed by atoms with Crippen LogP contribution in [-0.2, 0) is 4.79 Å². The number of thiazole rings is 1. The summed E-state index contributed by atoms with van der Waals surface area (Å²) in [6.45, 7) is 1.31. The highest BCUT2D eigenvalue weighted by molar-refractivity contribution is 9.10. The molecule has 0 aliphatic carbocycles. The Morgan fingerprint density at radius 1 is 1.18 bits per heavy atom. The van der Waals surface area contributed by atoms with Crippen LogP contribution in [0.2, 0.25) is 0 Å². The maximum absolute atomic E-state index is 13.0. The van der Waals surface area contributed by atoms with Crippen molar-refractivity contribution in [1.82, 2.24) is 9.88 Å². The van der Waals surface area contributed by atoms with Gasteiger partial charge in [-0.2, -0.15) is 0 Å². The van der Waals surface area contributed by atoms with Gasteiger partial charge in [-0.25, -0.2) is 9.37 Å². The molecule has 1 heterocycles. The fourth-order valence-electron chi connectivity index (χ4n) is 2.38. The summed E-state index contributed by atoms with van der Waals surface area (Å²) in [6.07, 6.45) is 0. The molecule has 28 heavy (non-hydrogen) atoms. The number of benzene rings is 2. The minimum Gasteiger partial charge on any atom is -0.308 e. The van der Waals surface area contributed by atoms with Crippen molar-refractivity contribution in [3.8, 4) is 0 Å². The van der Waals surface area contributed by atoms with Gasteiger partial charge < -0.3 is 4.90 Å². The monoisotopic (exact) mass is 503 g/mol. The van der Waals surface area contributed by atoms with Crippen LogP contribution in [0.15, 0.2) is 51.8 Å². The van der Waals surface area contributed by atoms with Gasteiger partial charge in [0.1, 0.15) is 5.82 Å². The van der Waals surface area contributed by atoms with Crippen LogP contribution in [0.4, 0.5) is 9.52 Å². The lowest BCUT2D eigenvalue weighted by Gasteiger charge is -2.21. The summed E-state index contributed by atoms with van der Waals surface area (Å²) in [7, 11) is 3.96. The normalized spacial score (nSPS) is 10.9. The number of aromatic nitrogens is 1. The van der Waals surface area contributed by atoms with Crippen LogP contribution < -0.4 is 4.90 Å². The summed E-state index contributed by atoms with van der Waals surface area (Å²) in [5, 5.41) is 0.703. The number of halogens is 3. The van der Waals surface area contributed by atoms with Crippen LogP contribution in [0.1, 0.15) is 0 Å². The topological polar surface area (TPSA) is 36.4 Å². The van der Waals surface area contributed by atoms with Gasteiger partial charge in [0.05, 0.1) is 16.0 Å². The maximum atomic E-state index is 13.0. The molecule has 0 N–H and O–H groups in total. The van der Waals surface area contributed by atoms with Gasteiger partial charge in [0.2, 0.25) is 5.91 Å². The van der Waals surface area contributed by atoms with Gasteiger partial charge in [-0.05, 0) is 56.6 Å². The first-order valence-electron chi connectivity index (χ1n) is 8.32. The van der Waals surface area contributed by atoms with E-state index in [1.54, 1.807) is 17.0 Å². The molecule has 4 nitrogen and oxygen atoms in total. The molecule has 150 valence electrons. The molecule has 1 aromatic heterocycles. The molecule has 0 fully saturated rings. The summed E-state index contributed by atoms with van der Waals surface area (Å²) in [6, 6.07) is 12.1. The Balaban J connectivity index is 0.00000280. The van der Waals surface area contributed by atoms with Crippen LogP contribution in [-0.4, -0.2) is 48.7 Å². The lowest BCUT2D eigenvalue weighted by molar-refractivity contribution is -0.116. The van der Waals surface area contributed by atoms with Crippen LogP contribution in [0.5, 0.6) is 0 Å². The summed E-state index contributed by atoms with van der Waals surface area (Å²) in [5.41, 5.74) is 0.882. The first kappa shape index (κ1) is 23.1. The third-order valence-corrected chi connectivity index (χ3v) is 6.35. The van der Waals surface area contributed by atoms with E-state index >= 15 is 0 Å². The van der Waals surface area contributed by atoms with E-state index in [1.807, 2.05) is 37.2 Å². The van der Waals surface area contributed by atoms with Crippen molar-refractivity contribution >= 4 is 72.7 Å². The van der Waals surface area contributed by atoms with E-state index < -0.39 is 0 Å². The molecule has 1 amide bonds. The number of carbonyl (C=O) groups is 1. The van der Waals surface area contributed by atoms with Gasteiger partial charge in [0.25, 0.3) is 0 Å². The lowest BCUT2D eigenvalue weighted by Crippen LogP contribution is -2.37. The van der Waals surface area contributed by atoms with Crippen LogP contribution in [0.3, 0.4) is 0 Å². The quantitative estimate of drug-likeness (QED) is 0.409. The van der Waals surface area contributed by atoms with Gasteiger partial charge in [-0.1, -0.05) is 27.3 Å². The van der Waals surface area contributed by atoms with E-state index in [-0.39, 0.29) is 29.9 Å². The van der Waals surface area contributed by atoms with E-state index in [2.05, 4.69) is 20.9 Å². The van der Waals surface area contributed by atoms with Gasteiger partial charge in [-0.3, -0.25) is 9.69 Å². The standard InChI is InChI=1S/C19H19BrFN3OS2.ClH/c1-23(2)9-10-24(18(25)12-26-15-6-4-14(21)5-7-15)19-22-16-8-3-13(20)11-17(16)27-19;/h3-8,11H,9-10,12H2,1-2H3;1H. The van der Waals surface area contributed by atoms with Crippen LogP contribution >= 0.6 is 51.4 Å². The second-order valence-electron chi connectivity index (χ2n) is 6.20. The molecule has 9 heteroatoms. The molecule has 0 saturated carbocycles. The van der Waals surface area contributed by atoms with Crippen molar-refractivity contribution in [1.29, 1.82) is 0 Å². The van der Waals surface area contributed by atoms with Gasteiger partial charge >= 0.3 is 0 Å². The predicted molar refractivity (Wildman–Crippen MR) is 123 cm³/mol. The van der Waals surface area contributed by atoms with Crippen molar-refractivity contribution in [2.75, 3.05) is 37.8 Å². The van der Waals surface area contributed by atoms with Crippen LogP contribution in [0.25, 0.3) is 10.2 Å². The molecular weight excluding hydrogens is 485 g/mol. The maximum Gasteiger partial charge on any atom is 0.239 e. The second kappa shape index (κ2) is 10.5. The number of thioether (sulfide) groups is 1. The van der Waals surface area contributed by atoms with E-state index in [1.165, 1.54) is 35.2 Å². The molecule has 0 atom stereocenters. The fourth-order valence-corrected chi connectivity index (χ4v) is 4.72. The number of hydrogen-bond acceptors (Lipinski definition) is 5. The third-order valence-electron chi connectivity index (χ3n) is 3.82. The summed E-state index contributed by atoms with van der Waals surface area (Å²) < 4.78 is 15.1. The van der Waals surface area contributed by atoms with Gasteiger partial charge in [-0.15, -0.1) is 24.2 Å². The predicted octanol–water partition coefficient (Wildman–Crippen LogP) is 5.31. The first-order valence-corrected chi connectivity index (χ1v) is 10.9. The zero-order chi connectivity index (χ0) is 19.4. The molecule has 0 saturated heterocycles. The Kier molecular flexibility index (Phi) is 8.70. The number of carbonyl (C=O) groups excluding carboxylic acids is 1. The third kappa shape index (κ3) is 6.15. The zero-order valence-electron chi connectivity index (χ0n) is 15.4. The van der Waals surface area contributed by atoms with E-state index in [0.29, 0.717) is 11.7 Å². The van der Waals surface area contributed by atoms with Crippen molar-refractivity contribution in [2.45, 2.75) is 4.90 Å². The largest absolute Gasteiger partial charge is 0.308 e. The highest BCUT2D eigenvalue weighted by Gasteiger charge is 2.20. The summed E-state index contributed by atoms with van der Waals surface area (Å²) in [5.74, 6) is -0.0122. The van der Waals surface area contributed by atoms with E-state index in [0.717, 1.165) is 26.1 Å². The molecule has 0 aliphatic rings. The molecule has 0 spiro atoms. The lowest BCUT2D eigenvalue weighted by atomic mass is 10.3. The molecule has 0 bridgehead atoms. The Labute approximate surface area is 186 Å². The average Bonchev–Trinajstić information content (AvgIpc) is 3.03. The number of anilines is 1. The van der Waals surface area contributed by atoms with Crippen molar-refractivity contribution in [3.63, 3.8) is 0 Å². The smallest absolute Gasteiger partial charge is 0.239 e. The molecule has 3 aromatic rings. The number of nitrogens with zero attached hydrogens (tertiary/aromatic N) is 3. The van der Waals surface area contributed by atoms with Crippen LogP contribution in [0, 0.1) is 5.82 Å². The Bertz CT molecular complexity index is 937. The first-order chi connectivity index (χ1) is 12.9. The zero-order valence-corrected chi connectivity index (χ0v) is 19.4. The minimum absolute atomic E-state index is 0. The fraction of sp³-hybridized carbons (Fsp3) is 0.263. The second-order valence-corrected chi connectivity index (χ2v) is 9.17.